The van der Waals surface area contributed by atoms with Gasteiger partial charge in [0.25, 0.3) is 5.91 Å². The van der Waals surface area contributed by atoms with E-state index in [2.05, 4.69) is 5.32 Å². The molecule has 0 bridgehead atoms. The SMILES string of the molecule is CCNC(=O)c1cc(C(C)(C)C)cc([N+](=O)[O-])c1OC. The number of methoxy groups -OCH3 is 1. The third kappa shape index (κ3) is 3.26. The van der Waals surface area contributed by atoms with Gasteiger partial charge >= 0.3 is 5.69 Å². The lowest BCUT2D eigenvalue weighted by atomic mass is 9.85. The van der Waals surface area contributed by atoms with E-state index in [0.29, 0.717) is 12.1 Å². The molecular formula is C14H20N2O4. The van der Waals surface area contributed by atoms with Crippen LogP contribution in [-0.4, -0.2) is 24.5 Å². The second-order valence-electron chi connectivity index (χ2n) is 5.44. The molecule has 0 aliphatic carbocycles. The lowest BCUT2D eigenvalue weighted by Gasteiger charge is -2.20. The smallest absolute Gasteiger partial charge is 0.312 e. The summed E-state index contributed by atoms with van der Waals surface area (Å²) in [5.41, 5.74) is 0.402. The maximum absolute atomic E-state index is 12.1. The van der Waals surface area contributed by atoms with Crippen molar-refractivity contribution in [3.05, 3.63) is 33.4 Å². The standard InChI is InChI=1S/C14H20N2O4/c1-6-15-13(17)10-7-9(14(2,3)4)8-11(16(18)19)12(10)20-5/h7-8H,6H2,1-5H3,(H,15,17). The van der Waals surface area contributed by atoms with E-state index in [4.69, 9.17) is 4.74 Å². The number of benzene rings is 1. The predicted octanol–water partition coefficient (Wildman–Crippen LogP) is 2.65. The Balaban J connectivity index is 3.57. The number of nitrogens with one attached hydrogen (secondary N) is 1. The van der Waals surface area contributed by atoms with E-state index in [1.54, 1.807) is 13.0 Å². The topological polar surface area (TPSA) is 81.5 Å². The highest BCUT2D eigenvalue weighted by atomic mass is 16.6. The second kappa shape index (κ2) is 5.90. The molecule has 0 radical (unpaired) electrons. The van der Waals surface area contributed by atoms with E-state index >= 15 is 0 Å². The van der Waals surface area contributed by atoms with Crippen molar-refractivity contribution >= 4 is 11.6 Å². The molecule has 0 aromatic heterocycles. The van der Waals surface area contributed by atoms with E-state index in [0.717, 1.165) is 0 Å². The summed E-state index contributed by atoms with van der Waals surface area (Å²) in [5, 5.41) is 13.8. The molecule has 1 aromatic carbocycles. The fraction of sp³-hybridized carbons (Fsp3) is 0.500. The van der Waals surface area contributed by atoms with Crippen LogP contribution in [0.15, 0.2) is 12.1 Å². The van der Waals surface area contributed by atoms with Crippen molar-refractivity contribution in [1.82, 2.24) is 5.32 Å². The highest BCUT2D eigenvalue weighted by Gasteiger charge is 2.27. The minimum atomic E-state index is -0.531. The average molecular weight is 280 g/mol. The third-order valence-corrected chi connectivity index (χ3v) is 2.92. The summed E-state index contributed by atoms with van der Waals surface area (Å²) >= 11 is 0. The molecule has 0 heterocycles. The van der Waals surface area contributed by atoms with E-state index in [-0.39, 0.29) is 28.3 Å². The minimum absolute atomic E-state index is 0.00560. The van der Waals surface area contributed by atoms with E-state index in [9.17, 15) is 14.9 Å². The van der Waals surface area contributed by atoms with Gasteiger partial charge in [0.1, 0.15) is 0 Å². The third-order valence-electron chi connectivity index (χ3n) is 2.92. The van der Waals surface area contributed by atoms with Crippen molar-refractivity contribution in [2.24, 2.45) is 0 Å². The molecule has 0 saturated carbocycles. The van der Waals surface area contributed by atoms with Crippen LogP contribution >= 0.6 is 0 Å². The first-order valence-electron chi connectivity index (χ1n) is 6.37. The Bertz CT molecular complexity index is 533. The summed E-state index contributed by atoms with van der Waals surface area (Å²) in [6.07, 6.45) is 0. The highest BCUT2D eigenvalue weighted by Crippen LogP contribution is 2.36. The zero-order valence-electron chi connectivity index (χ0n) is 12.4. The Hall–Kier alpha value is -2.11. The van der Waals surface area contributed by atoms with Crippen LogP contribution in [-0.2, 0) is 5.41 Å². The number of amides is 1. The maximum atomic E-state index is 12.1. The Morgan fingerprint density at radius 1 is 1.40 bits per heavy atom. The molecule has 6 nitrogen and oxygen atoms in total. The van der Waals surface area contributed by atoms with Crippen molar-refractivity contribution < 1.29 is 14.5 Å². The Labute approximate surface area is 118 Å². The molecule has 6 heteroatoms. The summed E-state index contributed by atoms with van der Waals surface area (Å²) in [6.45, 7) is 8.02. The van der Waals surface area contributed by atoms with Gasteiger partial charge < -0.3 is 10.1 Å². The monoisotopic (exact) mass is 280 g/mol. The lowest BCUT2D eigenvalue weighted by Crippen LogP contribution is -2.24. The molecule has 0 atom stereocenters. The quantitative estimate of drug-likeness (QED) is 0.679. The zero-order chi connectivity index (χ0) is 15.5. The molecule has 1 amide bonds. The van der Waals surface area contributed by atoms with Crippen LogP contribution in [0.2, 0.25) is 0 Å². The van der Waals surface area contributed by atoms with E-state index in [1.165, 1.54) is 13.2 Å². The molecule has 0 aliphatic heterocycles. The number of rotatable bonds is 4. The molecule has 20 heavy (non-hydrogen) atoms. The van der Waals surface area contributed by atoms with Gasteiger partial charge in [-0.3, -0.25) is 14.9 Å². The molecule has 0 aliphatic rings. The van der Waals surface area contributed by atoms with Crippen LogP contribution < -0.4 is 10.1 Å². The van der Waals surface area contributed by atoms with Crippen molar-refractivity contribution in [3.8, 4) is 5.75 Å². The van der Waals surface area contributed by atoms with Gasteiger partial charge in [-0.15, -0.1) is 0 Å². The van der Waals surface area contributed by atoms with E-state index in [1.807, 2.05) is 20.8 Å². The molecule has 1 N–H and O–H groups in total. The molecule has 0 fully saturated rings. The molecule has 0 spiro atoms. The fourth-order valence-electron chi connectivity index (χ4n) is 1.82. The van der Waals surface area contributed by atoms with Gasteiger partial charge in [0.2, 0.25) is 5.75 Å². The molecule has 0 saturated heterocycles. The van der Waals surface area contributed by atoms with Crippen LogP contribution in [0.3, 0.4) is 0 Å². The van der Waals surface area contributed by atoms with Crippen molar-refractivity contribution in [1.29, 1.82) is 0 Å². The van der Waals surface area contributed by atoms with Gasteiger partial charge in [-0.25, -0.2) is 0 Å². The van der Waals surface area contributed by atoms with Gasteiger partial charge in [-0.2, -0.15) is 0 Å². The second-order valence-corrected chi connectivity index (χ2v) is 5.44. The largest absolute Gasteiger partial charge is 0.490 e. The molecule has 110 valence electrons. The van der Waals surface area contributed by atoms with Crippen LogP contribution in [0.25, 0.3) is 0 Å². The number of hydrogen-bond acceptors (Lipinski definition) is 4. The normalized spacial score (nSPS) is 11.1. The summed E-state index contributed by atoms with van der Waals surface area (Å²) in [4.78, 5) is 22.7. The first-order valence-corrected chi connectivity index (χ1v) is 6.37. The van der Waals surface area contributed by atoms with Crippen LogP contribution in [0, 0.1) is 10.1 Å². The first-order chi connectivity index (χ1) is 9.22. The Kier molecular flexibility index (Phi) is 4.70. The zero-order valence-corrected chi connectivity index (χ0v) is 12.4. The van der Waals surface area contributed by atoms with Crippen LogP contribution in [0.1, 0.15) is 43.6 Å². The van der Waals surface area contributed by atoms with Crippen molar-refractivity contribution in [2.45, 2.75) is 33.1 Å². The lowest BCUT2D eigenvalue weighted by molar-refractivity contribution is -0.385. The van der Waals surface area contributed by atoms with Crippen LogP contribution in [0.4, 0.5) is 5.69 Å². The molecular weight excluding hydrogens is 260 g/mol. The number of ether oxygens (including phenoxy) is 1. The average Bonchev–Trinajstić information content (AvgIpc) is 2.36. The number of hydrogen-bond donors (Lipinski definition) is 1. The molecule has 0 unspecified atom stereocenters. The van der Waals surface area contributed by atoms with Gasteiger partial charge in [-0.05, 0) is 24.0 Å². The van der Waals surface area contributed by atoms with Gasteiger partial charge in [-0.1, -0.05) is 20.8 Å². The fourth-order valence-corrected chi connectivity index (χ4v) is 1.82. The maximum Gasteiger partial charge on any atom is 0.312 e. The minimum Gasteiger partial charge on any atom is -0.490 e. The molecule has 1 rings (SSSR count). The highest BCUT2D eigenvalue weighted by molar-refractivity contribution is 5.98. The number of nitro benzene ring substituents is 1. The number of nitrogens with zero attached hydrogens (tertiary/aromatic N) is 1. The number of nitro groups is 1. The molecule has 1 aromatic rings. The predicted molar refractivity (Wildman–Crippen MR) is 76.4 cm³/mol. The van der Waals surface area contributed by atoms with Crippen molar-refractivity contribution in [2.75, 3.05) is 13.7 Å². The van der Waals surface area contributed by atoms with Gasteiger partial charge in [0, 0.05) is 12.6 Å². The summed E-state index contributed by atoms with van der Waals surface area (Å²) in [5.74, 6) is -0.382. The van der Waals surface area contributed by atoms with Gasteiger partial charge in [0.05, 0.1) is 17.6 Å². The Morgan fingerprint density at radius 2 is 2.00 bits per heavy atom. The van der Waals surface area contributed by atoms with Crippen molar-refractivity contribution in [3.63, 3.8) is 0 Å². The summed E-state index contributed by atoms with van der Waals surface area (Å²) in [6, 6.07) is 3.11. The van der Waals surface area contributed by atoms with E-state index < -0.39 is 4.92 Å². The number of carbonyl (C=O) groups excluding carboxylic acids is 1. The first kappa shape index (κ1) is 15.9. The van der Waals surface area contributed by atoms with Gasteiger partial charge in [0.15, 0.2) is 0 Å². The number of carbonyl (C=O) groups is 1. The summed E-state index contributed by atoms with van der Waals surface area (Å²) < 4.78 is 5.07. The summed E-state index contributed by atoms with van der Waals surface area (Å²) in [7, 11) is 1.32. The Morgan fingerprint density at radius 3 is 2.40 bits per heavy atom. The van der Waals surface area contributed by atoms with Crippen LogP contribution in [0.5, 0.6) is 5.75 Å².